The molecule has 3 rings (SSSR count). The Balaban J connectivity index is 2.12. The maximum Gasteiger partial charge on any atom is 0.451 e. The molecular formula is C21H20F3N3OS. The fourth-order valence-corrected chi connectivity index (χ4v) is 4.17. The Morgan fingerprint density at radius 2 is 1.62 bits per heavy atom. The van der Waals surface area contributed by atoms with E-state index in [1.165, 1.54) is 6.07 Å². The topological polar surface area (TPSA) is 46.1 Å². The van der Waals surface area contributed by atoms with Crippen LogP contribution in [-0.4, -0.2) is 33.9 Å². The highest BCUT2D eigenvalue weighted by atomic mass is 32.2. The van der Waals surface area contributed by atoms with E-state index in [1.807, 2.05) is 19.9 Å². The molecule has 2 aromatic carbocycles. The number of hydrogen-bond acceptors (Lipinski definition) is 4. The lowest BCUT2D eigenvalue weighted by Gasteiger charge is -2.25. The molecule has 0 bridgehead atoms. The average Bonchev–Trinajstić information content (AvgIpc) is 2.72. The molecule has 0 aliphatic heterocycles. The molecular weight excluding hydrogens is 399 g/mol. The Kier molecular flexibility index (Phi) is 6.42. The highest BCUT2D eigenvalue weighted by Crippen LogP contribution is 2.40. The number of alkyl halides is 3. The average molecular weight is 419 g/mol. The molecule has 1 amide bonds. The van der Waals surface area contributed by atoms with Crippen molar-refractivity contribution in [1.82, 2.24) is 14.9 Å². The Hall–Kier alpha value is -2.61. The molecule has 1 heterocycles. The molecule has 1 aromatic heterocycles. The molecule has 0 fully saturated rings. The second-order valence-electron chi connectivity index (χ2n) is 6.29. The van der Waals surface area contributed by atoms with Crippen LogP contribution in [0.2, 0.25) is 0 Å². The number of fused-ring (bicyclic) bond motifs is 1. The first-order chi connectivity index (χ1) is 13.8. The minimum absolute atomic E-state index is 0.136. The lowest BCUT2D eigenvalue weighted by Crippen LogP contribution is -2.33. The van der Waals surface area contributed by atoms with Crippen molar-refractivity contribution in [2.75, 3.05) is 13.1 Å². The van der Waals surface area contributed by atoms with Crippen molar-refractivity contribution in [2.24, 2.45) is 0 Å². The van der Waals surface area contributed by atoms with Crippen LogP contribution < -0.4 is 0 Å². The standard InChI is InChI=1S/C21H20F3N3OS/c1-3-27(4-2)19(28)17(14-10-6-5-7-11-14)29-18-15-12-8-9-13-16(15)25-20(26-18)21(22,23)24/h5-13,17H,3-4H2,1-2H3/t17-/m1/s1. The Morgan fingerprint density at radius 3 is 2.24 bits per heavy atom. The van der Waals surface area contributed by atoms with Crippen molar-refractivity contribution in [3.63, 3.8) is 0 Å². The number of para-hydroxylation sites is 1. The molecule has 29 heavy (non-hydrogen) atoms. The molecule has 0 unspecified atom stereocenters. The van der Waals surface area contributed by atoms with E-state index in [4.69, 9.17) is 0 Å². The number of hydrogen-bond donors (Lipinski definition) is 0. The zero-order valence-electron chi connectivity index (χ0n) is 16.0. The number of rotatable bonds is 6. The number of nitrogens with zero attached hydrogens (tertiary/aromatic N) is 3. The van der Waals surface area contributed by atoms with E-state index in [-0.39, 0.29) is 16.4 Å². The van der Waals surface area contributed by atoms with Gasteiger partial charge in [0.1, 0.15) is 10.3 Å². The number of likely N-dealkylation sites (N-methyl/N-ethyl adjacent to an activating group) is 1. The number of halogens is 3. The number of amides is 1. The Bertz CT molecular complexity index is 991. The van der Waals surface area contributed by atoms with Gasteiger partial charge in [0, 0.05) is 18.5 Å². The van der Waals surface area contributed by atoms with Gasteiger partial charge in [-0.25, -0.2) is 9.97 Å². The highest BCUT2D eigenvalue weighted by molar-refractivity contribution is 8.00. The van der Waals surface area contributed by atoms with Crippen LogP contribution in [0.3, 0.4) is 0 Å². The third-order valence-electron chi connectivity index (χ3n) is 4.45. The van der Waals surface area contributed by atoms with Crippen LogP contribution in [0, 0.1) is 0 Å². The summed E-state index contributed by atoms with van der Waals surface area (Å²) in [5.74, 6) is -1.37. The van der Waals surface area contributed by atoms with Crippen molar-refractivity contribution in [2.45, 2.75) is 30.3 Å². The van der Waals surface area contributed by atoms with Gasteiger partial charge in [-0.15, -0.1) is 0 Å². The second-order valence-corrected chi connectivity index (χ2v) is 7.38. The first kappa shape index (κ1) is 21.1. The minimum Gasteiger partial charge on any atom is -0.342 e. The number of thioether (sulfide) groups is 1. The molecule has 0 N–H and O–H groups in total. The maximum atomic E-state index is 13.3. The van der Waals surface area contributed by atoms with Gasteiger partial charge < -0.3 is 4.90 Å². The van der Waals surface area contributed by atoms with Gasteiger partial charge in [-0.2, -0.15) is 13.2 Å². The summed E-state index contributed by atoms with van der Waals surface area (Å²) in [6.45, 7) is 4.76. The van der Waals surface area contributed by atoms with Crippen LogP contribution in [0.4, 0.5) is 13.2 Å². The SMILES string of the molecule is CCN(CC)C(=O)[C@H](Sc1nc(C(F)(F)F)nc2ccccc12)c1ccccc1. The first-order valence-corrected chi connectivity index (χ1v) is 10.1. The highest BCUT2D eigenvalue weighted by Gasteiger charge is 2.36. The lowest BCUT2D eigenvalue weighted by atomic mass is 10.1. The molecule has 0 radical (unpaired) electrons. The first-order valence-electron chi connectivity index (χ1n) is 9.19. The quantitative estimate of drug-likeness (QED) is 0.399. The molecule has 152 valence electrons. The third-order valence-corrected chi connectivity index (χ3v) is 5.70. The van der Waals surface area contributed by atoms with Crippen molar-refractivity contribution in [3.05, 3.63) is 66.0 Å². The van der Waals surface area contributed by atoms with Crippen molar-refractivity contribution in [1.29, 1.82) is 0 Å². The van der Waals surface area contributed by atoms with Gasteiger partial charge in [0.25, 0.3) is 0 Å². The van der Waals surface area contributed by atoms with Gasteiger partial charge in [-0.1, -0.05) is 60.3 Å². The Morgan fingerprint density at radius 1 is 1.00 bits per heavy atom. The zero-order valence-corrected chi connectivity index (χ0v) is 16.8. The molecule has 0 saturated carbocycles. The van der Waals surface area contributed by atoms with Gasteiger partial charge in [0.05, 0.1) is 5.52 Å². The van der Waals surface area contributed by atoms with E-state index in [1.54, 1.807) is 47.4 Å². The monoisotopic (exact) mass is 419 g/mol. The van der Waals surface area contributed by atoms with Crippen LogP contribution in [0.1, 0.15) is 30.5 Å². The minimum atomic E-state index is -4.68. The normalized spacial score (nSPS) is 12.7. The van der Waals surface area contributed by atoms with E-state index < -0.39 is 17.3 Å². The van der Waals surface area contributed by atoms with Crippen LogP contribution in [0.15, 0.2) is 59.6 Å². The number of aromatic nitrogens is 2. The van der Waals surface area contributed by atoms with E-state index in [0.717, 1.165) is 11.8 Å². The van der Waals surface area contributed by atoms with E-state index >= 15 is 0 Å². The molecule has 0 spiro atoms. The van der Waals surface area contributed by atoms with Crippen LogP contribution in [0.5, 0.6) is 0 Å². The summed E-state index contributed by atoms with van der Waals surface area (Å²) in [4.78, 5) is 22.3. The van der Waals surface area contributed by atoms with Crippen LogP contribution in [-0.2, 0) is 11.0 Å². The van der Waals surface area contributed by atoms with Gasteiger partial charge in [-0.3, -0.25) is 4.79 Å². The van der Waals surface area contributed by atoms with E-state index in [0.29, 0.717) is 24.0 Å². The summed E-state index contributed by atoms with van der Waals surface area (Å²) in [5.41, 5.74) is 0.907. The van der Waals surface area contributed by atoms with E-state index in [2.05, 4.69) is 9.97 Å². The van der Waals surface area contributed by atoms with Crippen LogP contribution in [0.25, 0.3) is 10.9 Å². The largest absolute Gasteiger partial charge is 0.451 e. The summed E-state index contributed by atoms with van der Waals surface area (Å²) >= 11 is 1.03. The number of benzene rings is 2. The number of carbonyl (C=O) groups excluding carboxylic acids is 1. The summed E-state index contributed by atoms with van der Waals surface area (Å²) in [6, 6.07) is 15.6. The predicted octanol–water partition coefficient (Wildman–Crippen LogP) is 5.35. The summed E-state index contributed by atoms with van der Waals surface area (Å²) in [7, 11) is 0. The fourth-order valence-electron chi connectivity index (χ4n) is 2.97. The molecule has 0 aliphatic carbocycles. The molecule has 0 saturated heterocycles. The van der Waals surface area contributed by atoms with E-state index in [9.17, 15) is 18.0 Å². The van der Waals surface area contributed by atoms with Gasteiger partial charge in [-0.05, 0) is 25.5 Å². The fraction of sp³-hybridized carbons (Fsp3) is 0.286. The third kappa shape index (κ3) is 4.70. The van der Waals surface area contributed by atoms with Crippen molar-refractivity contribution >= 4 is 28.6 Å². The Labute approximate surface area is 171 Å². The van der Waals surface area contributed by atoms with Gasteiger partial charge >= 0.3 is 6.18 Å². The molecule has 3 aromatic rings. The lowest BCUT2D eigenvalue weighted by molar-refractivity contribution is -0.145. The molecule has 8 heteroatoms. The van der Waals surface area contributed by atoms with Gasteiger partial charge in [0.2, 0.25) is 11.7 Å². The molecule has 4 nitrogen and oxygen atoms in total. The smallest absolute Gasteiger partial charge is 0.342 e. The summed E-state index contributed by atoms with van der Waals surface area (Å²) in [6.07, 6.45) is -4.68. The molecule has 0 aliphatic rings. The number of carbonyl (C=O) groups is 1. The van der Waals surface area contributed by atoms with Gasteiger partial charge in [0.15, 0.2) is 0 Å². The van der Waals surface area contributed by atoms with Crippen molar-refractivity contribution < 1.29 is 18.0 Å². The summed E-state index contributed by atoms with van der Waals surface area (Å²) < 4.78 is 40.0. The van der Waals surface area contributed by atoms with Crippen LogP contribution >= 0.6 is 11.8 Å². The molecule has 1 atom stereocenters. The second kappa shape index (κ2) is 8.82. The predicted molar refractivity (Wildman–Crippen MR) is 108 cm³/mol. The van der Waals surface area contributed by atoms with Crippen molar-refractivity contribution in [3.8, 4) is 0 Å². The zero-order chi connectivity index (χ0) is 21.0. The summed E-state index contributed by atoms with van der Waals surface area (Å²) in [5, 5.41) is -0.0912. The maximum absolute atomic E-state index is 13.3.